The molecule has 2 unspecified atom stereocenters. The van der Waals surface area contributed by atoms with Gasteiger partial charge in [0.05, 0.1) is 5.37 Å². The smallest absolute Gasteiger partial charge is 0.327 e. The highest BCUT2D eigenvalue weighted by Gasteiger charge is 2.46. The number of rotatable bonds is 5. The zero-order valence-electron chi connectivity index (χ0n) is 11.7. The summed E-state index contributed by atoms with van der Waals surface area (Å²) in [6.45, 7) is 2.00. The SMILES string of the molecule is CCC1SCC(C(=O)O)N1C(=O)NC(C1CC1)C1CC1. The first kappa shape index (κ1) is 14.0. The van der Waals surface area contributed by atoms with Gasteiger partial charge in [-0.25, -0.2) is 9.59 Å². The number of nitrogens with zero attached hydrogens (tertiary/aromatic N) is 1. The predicted octanol–water partition coefficient (Wildman–Crippen LogP) is 2.12. The Bertz CT molecular complexity index is 397. The molecule has 2 aliphatic carbocycles. The fourth-order valence-corrected chi connectivity index (χ4v) is 4.44. The van der Waals surface area contributed by atoms with Crippen molar-refractivity contribution in [3.63, 3.8) is 0 Å². The van der Waals surface area contributed by atoms with Crippen LogP contribution in [0.25, 0.3) is 0 Å². The molecule has 0 aromatic rings. The molecule has 2 atom stereocenters. The molecule has 3 fully saturated rings. The number of hydrogen-bond donors (Lipinski definition) is 2. The van der Waals surface area contributed by atoms with Gasteiger partial charge in [0.1, 0.15) is 6.04 Å². The summed E-state index contributed by atoms with van der Waals surface area (Å²) in [5.74, 6) is 0.867. The summed E-state index contributed by atoms with van der Waals surface area (Å²) in [5, 5.41) is 12.4. The Morgan fingerprint density at radius 3 is 2.35 bits per heavy atom. The molecule has 1 heterocycles. The van der Waals surface area contributed by atoms with E-state index in [1.165, 1.54) is 25.7 Å². The molecular formula is C14H22N2O3S. The van der Waals surface area contributed by atoms with E-state index in [0.29, 0.717) is 17.6 Å². The summed E-state index contributed by atoms with van der Waals surface area (Å²) in [4.78, 5) is 25.4. The lowest BCUT2D eigenvalue weighted by Gasteiger charge is -2.29. The monoisotopic (exact) mass is 298 g/mol. The molecule has 0 aromatic carbocycles. The van der Waals surface area contributed by atoms with E-state index in [4.69, 9.17) is 0 Å². The largest absolute Gasteiger partial charge is 0.480 e. The molecule has 3 rings (SSSR count). The van der Waals surface area contributed by atoms with Crippen LogP contribution in [-0.4, -0.2) is 45.2 Å². The second-order valence-electron chi connectivity index (χ2n) is 6.11. The molecular weight excluding hydrogens is 276 g/mol. The first-order valence-electron chi connectivity index (χ1n) is 7.55. The molecule has 5 nitrogen and oxygen atoms in total. The van der Waals surface area contributed by atoms with Crippen LogP contribution in [0.5, 0.6) is 0 Å². The molecule has 0 spiro atoms. The van der Waals surface area contributed by atoms with E-state index in [1.807, 2.05) is 6.92 Å². The fraction of sp³-hybridized carbons (Fsp3) is 0.857. The van der Waals surface area contributed by atoms with Crippen molar-refractivity contribution in [2.75, 3.05) is 5.75 Å². The van der Waals surface area contributed by atoms with E-state index in [-0.39, 0.29) is 17.4 Å². The minimum Gasteiger partial charge on any atom is -0.480 e. The average molecular weight is 298 g/mol. The molecule has 112 valence electrons. The van der Waals surface area contributed by atoms with Gasteiger partial charge in [-0.1, -0.05) is 6.92 Å². The predicted molar refractivity (Wildman–Crippen MR) is 77.6 cm³/mol. The zero-order valence-corrected chi connectivity index (χ0v) is 12.6. The third-order valence-electron chi connectivity index (χ3n) is 4.51. The van der Waals surface area contributed by atoms with Crippen LogP contribution in [-0.2, 0) is 4.79 Å². The molecule has 0 bridgehead atoms. The molecule has 6 heteroatoms. The van der Waals surface area contributed by atoms with Crippen LogP contribution in [0.3, 0.4) is 0 Å². The molecule has 2 amide bonds. The number of carbonyl (C=O) groups excluding carboxylic acids is 1. The molecule has 3 aliphatic rings. The molecule has 0 radical (unpaired) electrons. The van der Waals surface area contributed by atoms with Gasteiger partial charge in [-0.15, -0.1) is 11.8 Å². The minimum atomic E-state index is -0.891. The summed E-state index contributed by atoms with van der Waals surface area (Å²) in [6.07, 6.45) is 5.61. The highest BCUT2D eigenvalue weighted by atomic mass is 32.2. The first-order valence-corrected chi connectivity index (χ1v) is 8.60. The molecule has 2 N–H and O–H groups in total. The molecule has 2 saturated carbocycles. The van der Waals surface area contributed by atoms with Gasteiger partial charge in [-0.3, -0.25) is 4.90 Å². The van der Waals surface area contributed by atoms with Crippen molar-refractivity contribution in [1.82, 2.24) is 10.2 Å². The van der Waals surface area contributed by atoms with Crippen molar-refractivity contribution in [1.29, 1.82) is 0 Å². The maximum Gasteiger partial charge on any atom is 0.327 e. The van der Waals surface area contributed by atoms with Crippen LogP contribution < -0.4 is 5.32 Å². The molecule has 20 heavy (non-hydrogen) atoms. The second-order valence-corrected chi connectivity index (χ2v) is 7.32. The van der Waals surface area contributed by atoms with Gasteiger partial charge in [0.15, 0.2) is 0 Å². The van der Waals surface area contributed by atoms with Gasteiger partial charge in [-0.2, -0.15) is 0 Å². The summed E-state index contributed by atoms with van der Waals surface area (Å²) < 4.78 is 0. The lowest BCUT2D eigenvalue weighted by atomic mass is 10.1. The molecule has 0 aromatic heterocycles. The Morgan fingerprint density at radius 1 is 1.30 bits per heavy atom. The van der Waals surface area contributed by atoms with E-state index in [0.717, 1.165) is 6.42 Å². The van der Waals surface area contributed by atoms with Gasteiger partial charge < -0.3 is 10.4 Å². The lowest BCUT2D eigenvalue weighted by Crippen LogP contribution is -2.53. The maximum absolute atomic E-state index is 12.5. The summed E-state index contributed by atoms with van der Waals surface area (Å²) in [5.41, 5.74) is 0. The van der Waals surface area contributed by atoms with E-state index in [2.05, 4.69) is 5.32 Å². The van der Waals surface area contributed by atoms with Gasteiger partial charge in [0, 0.05) is 11.8 Å². The number of hydrogen-bond acceptors (Lipinski definition) is 3. The van der Waals surface area contributed by atoms with E-state index in [9.17, 15) is 14.7 Å². The van der Waals surface area contributed by atoms with Crippen LogP contribution in [0.4, 0.5) is 4.79 Å². The highest BCUT2D eigenvalue weighted by Crippen LogP contribution is 2.44. The van der Waals surface area contributed by atoms with Crippen molar-refractivity contribution >= 4 is 23.8 Å². The maximum atomic E-state index is 12.5. The third kappa shape index (κ3) is 2.75. The fourth-order valence-electron chi connectivity index (χ4n) is 3.09. The Morgan fingerprint density at radius 2 is 1.90 bits per heavy atom. The van der Waals surface area contributed by atoms with Gasteiger partial charge in [0.25, 0.3) is 0 Å². The van der Waals surface area contributed by atoms with Gasteiger partial charge in [0.2, 0.25) is 0 Å². The van der Waals surface area contributed by atoms with Crippen molar-refractivity contribution in [2.24, 2.45) is 11.8 Å². The normalized spacial score (nSPS) is 29.8. The Balaban J connectivity index is 1.68. The zero-order chi connectivity index (χ0) is 14.3. The second kappa shape index (κ2) is 5.47. The van der Waals surface area contributed by atoms with Crippen molar-refractivity contribution < 1.29 is 14.7 Å². The third-order valence-corrected chi connectivity index (χ3v) is 5.96. The van der Waals surface area contributed by atoms with Crippen molar-refractivity contribution in [3.8, 4) is 0 Å². The van der Waals surface area contributed by atoms with Crippen LogP contribution in [0, 0.1) is 11.8 Å². The Kier molecular flexibility index (Phi) is 3.84. The minimum absolute atomic E-state index is 0.00449. The van der Waals surface area contributed by atoms with E-state index in [1.54, 1.807) is 16.7 Å². The van der Waals surface area contributed by atoms with Crippen LogP contribution >= 0.6 is 11.8 Å². The number of carboxylic acids is 1. The number of urea groups is 1. The number of carbonyl (C=O) groups is 2. The summed E-state index contributed by atoms with van der Waals surface area (Å²) in [7, 11) is 0. The highest BCUT2D eigenvalue weighted by molar-refractivity contribution is 8.00. The summed E-state index contributed by atoms with van der Waals surface area (Å²) >= 11 is 1.57. The van der Waals surface area contributed by atoms with Crippen LogP contribution in [0.1, 0.15) is 39.0 Å². The molecule has 1 saturated heterocycles. The standard InChI is InChI=1S/C14H22N2O3S/c1-2-11-16(10(7-20-11)13(17)18)14(19)15-12(8-3-4-8)9-5-6-9/h8-12H,2-7H2,1H3,(H,15,19)(H,17,18). The van der Waals surface area contributed by atoms with Crippen molar-refractivity contribution in [2.45, 2.75) is 56.5 Å². The Labute approximate surface area is 123 Å². The average Bonchev–Trinajstić information content (AvgIpc) is 3.32. The van der Waals surface area contributed by atoms with Crippen LogP contribution in [0.15, 0.2) is 0 Å². The number of nitrogens with one attached hydrogen (secondary N) is 1. The quantitative estimate of drug-likeness (QED) is 0.815. The van der Waals surface area contributed by atoms with Crippen LogP contribution in [0.2, 0.25) is 0 Å². The Hall–Kier alpha value is -0.910. The number of aliphatic carboxylic acids is 1. The topological polar surface area (TPSA) is 69.6 Å². The number of carboxylic acid groups (broad SMARTS) is 1. The molecule has 1 aliphatic heterocycles. The van der Waals surface area contributed by atoms with E-state index < -0.39 is 12.0 Å². The van der Waals surface area contributed by atoms with E-state index >= 15 is 0 Å². The van der Waals surface area contributed by atoms with Gasteiger partial charge >= 0.3 is 12.0 Å². The number of thioether (sulfide) groups is 1. The summed E-state index contributed by atoms with van der Waals surface area (Å²) in [6, 6.07) is -0.567. The lowest BCUT2D eigenvalue weighted by molar-refractivity contribution is -0.141. The number of amides is 2. The first-order chi connectivity index (χ1) is 9.61. The van der Waals surface area contributed by atoms with Crippen molar-refractivity contribution in [3.05, 3.63) is 0 Å². The van der Waals surface area contributed by atoms with Gasteiger partial charge in [-0.05, 0) is 43.9 Å².